The van der Waals surface area contributed by atoms with Crippen LogP contribution in [0.3, 0.4) is 0 Å². The van der Waals surface area contributed by atoms with Gasteiger partial charge in [-0.3, -0.25) is 9.59 Å². The molecule has 0 spiro atoms. The number of anilines is 1. The fourth-order valence-electron chi connectivity index (χ4n) is 2.13. The molecule has 3 rings (SSSR count). The normalized spacial score (nSPS) is 10.5. The molecule has 2 aromatic carbocycles. The van der Waals surface area contributed by atoms with Gasteiger partial charge in [-0.15, -0.1) is 0 Å². The van der Waals surface area contributed by atoms with Crippen LogP contribution in [0, 0.1) is 0 Å². The monoisotopic (exact) mass is 463 g/mol. The Balaban J connectivity index is 1.98. The lowest BCUT2D eigenvalue weighted by Crippen LogP contribution is -2.25. The number of nitrogens with zero attached hydrogens (tertiary/aromatic N) is 2. The molecule has 1 amide bonds. The molecule has 25 heavy (non-hydrogen) atoms. The van der Waals surface area contributed by atoms with E-state index >= 15 is 0 Å². The lowest BCUT2D eigenvalue weighted by Gasteiger charge is -2.10. The van der Waals surface area contributed by atoms with E-state index in [0.717, 1.165) is 19.7 Å². The number of halogens is 2. The molecule has 126 valence electrons. The number of carbonyl (C=O) groups is 1. The van der Waals surface area contributed by atoms with Gasteiger partial charge in [-0.25, -0.2) is 0 Å². The molecule has 0 fully saturated rings. The van der Waals surface area contributed by atoms with Crippen molar-refractivity contribution in [2.75, 3.05) is 5.32 Å². The summed E-state index contributed by atoms with van der Waals surface area (Å²) in [6.45, 7) is 0. The second-order valence-corrected chi connectivity index (χ2v) is 6.90. The quantitative estimate of drug-likeness (QED) is 0.618. The maximum atomic E-state index is 12.4. The molecule has 0 aliphatic rings. The Kier molecular flexibility index (Phi) is 5.00. The predicted molar refractivity (Wildman–Crippen MR) is 101 cm³/mol. The summed E-state index contributed by atoms with van der Waals surface area (Å²) in [6, 6.07) is 14.8. The molecule has 6 nitrogen and oxygen atoms in total. The van der Waals surface area contributed by atoms with Crippen LogP contribution in [0.4, 0.5) is 5.69 Å². The minimum atomic E-state index is -0.624. The van der Waals surface area contributed by atoms with Gasteiger partial charge in [0.25, 0.3) is 11.5 Å². The smallest absolute Gasteiger partial charge is 0.279 e. The summed E-state index contributed by atoms with van der Waals surface area (Å²) in [4.78, 5) is 24.5. The summed E-state index contributed by atoms with van der Waals surface area (Å²) in [7, 11) is 0. The van der Waals surface area contributed by atoms with Crippen molar-refractivity contribution in [3.63, 3.8) is 0 Å². The third-order valence-corrected chi connectivity index (χ3v) is 4.30. The number of rotatable bonds is 3. The third kappa shape index (κ3) is 3.97. The molecule has 0 aliphatic heterocycles. The van der Waals surface area contributed by atoms with E-state index < -0.39 is 17.2 Å². The molecule has 1 aromatic heterocycles. The van der Waals surface area contributed by atoms with Crippen molar-refractivity contribution in [2.45, 2.75) is 0 Å². The molecule has 3 aromatic rings. The molecule has 0 atom stereocenters. The van der Waals surface area contributed by atoms with E-state index in [1.807, 2.05) is 6.07 Å². The van der Waals surface area contributed by atoms with Gasteiger partial charge in [0.1, 0.15) is 0 Å². The molecule has 0 saturated carbocycles. The van der Waals surface area contributed by atoms with Crippen LogP contribution in [0.1, 0.15) is 10.5 Å². The van der Waals surface area contributed by atoms with Crippen LogP contribution in [0.15, 0.2) is 68.3 Å². The molecule has 8 heteroatoms. The summed E-state index contributed by atoms with van der Waals surface area (Å²) in [5.41, 5.74) is 0.216. The third-order valence-electron chi connectivity index (χ3n) is 3.28. The summed E-state index contributed by atoms with van der Waals surface area (Å²) in [6.07, 6.45) is 0. The molecular weight excluding hydrogens is 454 g/mol. The number of nitrogens with one attached hydrogen (secondary N) is 1. The van der Waals surface area contributed by atoms with Crippen LogP contribution in [-0.2, 0) is 0 Å². The van der Waals surface area contributed by atoms with Crippen LogP contribution < -0.4 is 10.9 Å². The molecular formula is C17H11Br2N3O3. The Labute approximate surface area is 159 Å². The highest BCUT2D eigenvalue weighted by Gasteiger charge is 2.17. The van der Waals surface area contributed by atoms with Crippen molar-refractivity contribution in [2.24, 2.45) is 0 Å². The number of hydrogen-bond donors (Lipinski definition) is 2. The summed E-state index contributed by atoms with van der Waals surface area (Å²) < 4.78 is 2.69. The lowest BCUT2D eigenvalue weighted by molar-refractivity contribution is 0.101. The molecule has 0 unspecified atom stereocenters. The molecule has 0 radical (unpaired) electrons. The van der Waals surface area contributed by atoms with E-state index in [0.29, 0.717) is 11.4 Å². The van der Waals surface area contributed by atoms with E-state index in [2.05, 4.69) is 42.3 Å². The SMILES string of the molecule is O=C(Nc1cccc(Br)c1)c1nn(-c2ccc(Br)cc2)c(=O)cc1O. The average molecular weight is 465 g/mol. The zero-order valence-electron chi connectivity index (χ0n) is 12.6. The largest absolute Gasteiger partial charge is 0.505 e. The topological polar surface area (TPSA) is 84.2 Å². The second-order valence-electron chi connectivity index (χ2n) is 5.07. The Morgan fingerprint density at radius 3 is 2.44 bits per heavy atom. The van der Waals surface area contributed by atoms with Crippen molar-refractivity contribution in [1.82, 2.24) is 9.78 Å². The van der Waals surface area contributed by atoms with Gasteiger partial charge < -0.3 is 10.4 Å². The van der Waals surface area contributed by atoms with Crippen LogP contribution >= 0.6 is 31.9 Å². The average Bonchev–Trinajstić information content (AvgIpc) is 2.56. The minimum Gasteiger partial charge on any atom is -0.505 e. The molecule has 0 aliphatic carbocycles. The first kappa shape index (κ1) is 17.4. The number of benzene rings is 2. The first-order chi connectivity index (χ1) is 11.9. The number of amides is 1. The van der Waals surface area contributed by atoms with Crippen LogP contribution in [-0.4, -0.2) is 20.8 Å². The van der Waals surface area contributed by atoms with E-state index in [-0.39, 0.29) is 5.69 Å². The predicted octanol–water partition coefficient (Wildman–Crippen LogP) is 3.72. The lowest BCUT2D eigenvalue weighted by atomic mass is 10.3. The maximum Gasteiger partial charge on any atom is 0.279 e. The maximum absolute atomic E-state index is 12.4. The highest BCUT2D eigenvalue weighted by Crippen LogP contribution is 2.19. The molecule has 1 heterocycles. The molecule has 0 saturated heterocycles. The molecule has 2 N–H and O–H groups in total. The summed E-state index contributed by atoms with van der Waals surface area (Å²) in [5, 5.41) is 16.6. The van der Waals surface area contributed by atoms with Gasteiger partial charge in [0.05, 0.1) is 5.69 Å². The fourth-order valence-corrected chi connectivity index (χ4v) is 2.80. The van der Waals surface area contributed by atoms with E-state index in [4.69, 9.17) is 0 Å². The van der Waals surface area contributed by atoms with Gasteiger partial charge in [-0.1, -0.05) is 37.9 Å². The van der Waals surface area contributed by atoms with Gasteiger partial charge in [0.2, 0.25) is 0 Å². The zero-order valence-corrected chi connectivity index (χ0v) is 15.8. The van der Waals surface area contributed by atoms with Gasteiger partial charge in [0, 0.05) is 20.7 Å². The van der Waals surface area contributed by atoms with Crippen LogP contribution in [0.2, 0.25) is 0 Å². The summed E-state index contributed by atoms with van der Waals surface area (Å²) >= 11 is 6.63. The van der Waals surface area contributed by atoms with E-state index in [1.54, 1.807) is 42.5 Å². The van der Waals surface area contributed by atoms with Crippen molar-refractivity contribution in [1.29, 1.82) is 0 Å². The Morgan fingerprint density at radius 2 is 1.76 bits per heavy atom. The zero-order chi connectivity index (χ0) is 18.0. The number of carbonyl (C=O) groups excluding carboxylic acids is 1. The molecule has 0 bridgehead atoms. The van der Waals surface area contributed by atoms with E-state index in [9.17, 15) is 14.7 Å². The number of hydrogen-bond acceptors (Lipinski definition) is 4. The Morgan fingerprint density at radius 1 is 1.04 bits per heavy atom. The number of aromatic hydroxyl groups is 1. The Hall–Kier alpha value is -2.45. The highest BCUT2D eigenvalue weighted by molar-refractivity contribution is 9.10. The fraction of sp³-hybridized carbons (Fsp3) is 0. The first-order valence-corrected chi connectivity index (χ1v) is 8.69. The standard InChI is InChI=1S/C17H11Br2N3O3/c18-10-4-6-13(7-5-10)22-15(24)9-14(23)16(21-22)17(25)20-12-3-1-2-11(19)8-12/h1-9,23H,(H,20,25). The minimum absolute atomic E-state index is 0.248. The van der Waals surface area contributed by atoms with Gasteiger partial charge in [-0.2, -0.15) is 9.78 Å². The van der Waals surface area contributed by atoms with Gasteiger partial charge in [-0.05, 0) is 42.5 Å². The second kappa shape index (κ2) is 7.20. The van der Waals surface area contributed by atoms with Crippen molar-refractivity contribution < 1.29 is 9.90 Å². The van der Waals surface area contributed by atoms with E-state index in [1.165, 1.54) is 0 Å². The first-order valence-electron chi connectivity index (χ1n) is 7.10. The number of aromatic nitrogens is 2. The Bertz CT molecular complexity index is 1000. The highest BCUT2D eigenvalue weighted by atomic mass is 79.9. The van der Waals surface area contributed by atoms with Crippen molar-refractivity contribution in [3.8, 4) is 11.4 Å². The van der Waals surface area contributed by atoms with Gasteiger partial charge in [0.15, 0.2) is 11.4 Å². The van der Waals surface area contributed by atoms with Crippen molar-refractivity contribution >= 4 is 43.5 Å². The van der Waals surface area contributed by atoms with Crippen LogP contribution in [0.25, 0.3) is 5.69 Å². The van der Waals surface area contributed by atoms with Gasteiger partial charge >= 0.3 is 0 Å². The van der Waals surface area contributed by atoms with Crippen molar-refractivity contribution in [3.05, 3.63) is 79.6 Å². The van der Waals surface area contributed by atoms with Crippen LogP contribution in [0.5, 0.6) is 5.75 Å². The summed E-state index contributed by atoms with van der Waals surface area (Å²) in [5.74, 6) is -1.10.